The first-order valence-electron chi connectivity index (χ1n) is 10.3. The summed E-state index contributed by atoms with van der Waals surface area (Å²) in [7, 11) is 5.00. The molecule has 0 heterocycles. The molecule has 0 aliphatic rings. The highest BCUT2D eigenvalue weighted by atomic mass is 79.9. The van der Waals surface area contributed by atoms with E-state index < -0.39 is 0 Å². The minimum Gasteiger partial charge on any atom is -0.496 e. The van der Waals surface area contributed by atoms with Crippen molar-refractivity contribution in [3.05, 3.63) is 45.4 Å². The Balaban J connectivity index is 0.000000535. The minimum atomic E-state index is 0.569. The number of ether oxygens (including phenoxy) is 3. The number of halogens is 1. The maximum Gasteiger partial charge on any atom is 0.145 e. The van der Waals surface area contributed by atoms with Gasteiger partial charge in [0.05, 0.1) is 26.5 Å². The molecule has 6 heteroatoms. The minimum absolute atomic E-state index is 0.569. The summed E-state index contributed by atoms with van der Waals surface area (Å²) in [5, 5.41) is 3.21. The van der Waals surface area contributed by atoms with Gasteiger partial charge in [-0.05, 0) is 48.6 Å². The van der Waals surface area contributed by atoms with Crippen LogP contribution in [0.15, 0.2) is 28.7 Å². The Morgan fingerprint density at radius 2 is 1.60 bits per heavy atom. The molecule has 0 aromatic heterocycles. The second-order valence-corrected chi connectivity index (χ2v) is 7.63. The van der Waals surface area contributed by atoms with Gasteiger partial charge in [0, 0.05) is 18.1 Å². The molecule has 0 aliphatic carbocycles. The van der Waals surface area contributed by atoms with E-state index in [1.165, 1.54) is 11.1 Å². The number of aryl methyl sites for hydroxylation is 1. The van der Waals surface area contributed by atoms with Gasteiger partial charge in [0.2, 0.25) is 0 Å². The first-order chi connectivity index (χ1) is 14.3. The third kappa shape index (κ3) is 8.44. The van der Waals surface area contributed by atoms with E-state index in [9.17, 15) is 0 Å². The van der Waals surface area contributed by atoms with Gasteiger partial charge in [-0.15, -0.1) is 0 Å². The molecule has 0 fully saturated rings. The summed E-state index contributed by atoms with van der Waals surface area (Å²) >= 11 is 3.44. The Morgan fingerprint density at radius 3 is 2.10 bits per heavy atom. The molecule has 30 heavy (non-hydrogen) atoms. The zero-order valence-corrected chi connectivity index (χ0v) is 21.6. The molecule has 0 saturated carbocycles. The largest absolute Gasteiger partial charge is 0.496 e. The van der Waals surface area contributed by atoms with Crippen molar-refractivity contribution in [3.63, 3.8) is 0 Å². The average molecular weight is 483 g/mol. The Labute approximate surface area is 191 Å². The predicted molar refractivity (Wildman–Crippen MR) is 133 cm³/mol. The highest BCUT2D eigenvalue weighted by Crippen LogP contribution is 2.37. The lowest BCUT2D eigenvalue weighted by Gasteiger charge is -2.16. The van der Waals surface area contributed by atoms with Crippen molar-refractivity contribution in [2.45, 2.75) is 47.5 Å². The highest BCUT2D eigenvalue weighted by molar-refractivity contribution is 9.10. The Kier molecular flexibility index (Phi) is 14.0. The van der Waals surface area contributed by atoms with E-state index in [4.69, 9.17) is 19.9 Å². The van der Waals surface area contributed by atoms with Crippen LogP contribution in [0.2, 0.25) is 0 Å². The maximum absolute atomic E-state index is 6.03. The van der Waals surface area contributed by atoms with E-state index in [1.807, 2.05) is 26.8 Å². The molecule has 0 unspecified atom stereocenters. The molecule has 0 aliphatic heterocycles. The molecule has 0 radical (unpaired) electrons. The molecule has 2 rings (SSSR count). The van der Waals surface area contributed by atoms with Crippen LogP contribution in [0.5, 0.6) is 11.5 Å². The second-order valence-electron chi connectivity index (χ2n) is 6.78. The SMILES string of the molecule is CC.COCCNc1c(OC)cc(Br)c(C)c1N.COc1cc(C(C)C)ccc1C. The van der Waals surface area contributed by atoms with E-state index in [2.05, 4.69) is 60.2 Å². The third-order valence-corrected chi connectivity index (χ3v) is 5.29. The molecule has 0 saturated heterocycles. The first-order valence-corrected chi connectivity index (χ1v) is 11.1. The smallest absolute Gasteiger partial charge is 0.145 e. The van der Waals surface area contributed by atoms with Gasteiger partial charge in [0.15, 0.2) is 0 Å². The zero-order valence-electron chi connectivity index (χ0n) is 20.0. The normalized spacial score (nSPS) is 9.83. The summed E-state index contributed by atoms with van der Waals surface area (Å²) in [6, 6.07) is 8.28. The Morgan fingerprint density at radius 1 is 1.00 bits per heavy atom. The fourth-order valence-corrected chi connectivity index (χ4v) is 2.98. The summed E-state index contributed by atoms with van der Waals surface area (Å²) < 4.78 is 16.4. The van der Waals surface area contributed by atoms with Crippen molar-refractivity contribution in [1.29, 1.82) is 0 Å². The van der Waals surface area contributed by atoms with Gasteiger partial charge in [-0.1, -0.05) is 55.8 Å². The third-order valence-electron chi connectivity index (χ3n) is 4.46. The molecular formula is C24H39BrN2O3. The van der Waals surface area contributed by atoms with Gasteiger partial charge in [-0.2, -0.15) is 0 Å². The van der Waals surface area contributed by atoms with Gasteiger partial charge in [0.1, 0.15) is 17.2 Å². The Hall–Kier alpha value is -1.92. The summed E-state index contributed by atoms with van der Waals surface area (Å²) in [5.74, 6) is 2.28. The number of nitrogens with two attached hydrogens (primary N) is 1. The van der Waals surface area contributed by atoms with Crippen LogP contribution in [0.3, 0.4) is 0 Å². The molecule has 0 spiro atoms. The van der Waals surface area contributed by atoms with Crippen molar-refractivity contribution < 1.29 is 14.2 Å². The van der Waals surface area contributed by atoms with Crippen molar-refractivity contribution in [2.75, 3.05) is 45.5 Å². The van der Waals surface area contributed by atoms with Crippen LogP contribution < -0.4 is 20.5 Å². The monoisotopic (exact) mass is 482 g/mol. The number of benzene rings is 2. The second kappa shape index (κ2) is 15.0. The number of methoxy groups -OCH3 is 3. The zero-order chi connectivity index (χ0) is 23.3. The van der Waals surface area contributed by atoms with Gasteiger partial charge in [-0.3, -0.25) is 0 Å². The molecule has 2 aromatic carbocycles. The van der Waals surface area contributed by atoms with Gasteiger partial charge in [-0.25, -0.2) is 0 Å². The predicted octanol–water partition coefficient (Wildman–Crippen LogP) is 6.56. The number of hydrogen-bond acceptors (Lipinski definition) is 5. The number of rotatable bonds is 7. The maximum atomic E-state index is 6.03. The van der Waals surface area contributed by atoms with Crippen LogP contribution in [-0.4, -0.2) is 34.5 Å². The van der Waals surface area contributed by atoms with Crippen molar-refractivity contribution >= 4 is 27.3 Å². The molecule has 170 valence electrons. The summed E-state index contributed by atoms with van der Waals surface area (Å²) in [5.41, 5.74) is 11.1. The molecule has 0 amide bonds. The summed E-state index contributed by atoms with van der Waals surface area (Å²) in [6.45, 7) is 13.7. The topological polar surface area (TPSA) is 65.7 Å². The van der Waals surface area contributed by atoms with E-state index >= 15 is 0 Å². The lowest BCUT2D eigenvalue weighted by atomic mass is 10.0. The lowest BCUT2D eigenvalue weighted by molar-refractivity contribution is 0.210. The summed E-state index contributed by atoms with van der Waals surface area (Å²) in [6.07, 6.45) is 0. The van der Waals surface area contributed by atoms with Crippen LogP contribution in [0.4, 0.5) is 11.4 Å². The number of nitrogens with one attached hydrogen (secondary N) is 1. The van der Waals surface area contributed by atoms with Crippen molar-refractivity contribution in [1.82, 2.24) is 0 Å². The fourth-order valence-electron chi connectivity index (χ4n) is 2.56. The molecule has 5 nitrogen and oxygen atoms in total. The van der Waals surface area contributed by atoms with Gasteiger partial charge in [0.25, 0.3) is 0 Å². The quantitative estimate of drug-likeness (QED) is 0.345. The van der Waals surface area contributed by atoms with Crippen LogP contribution >= 0.6 is 15.9 Å². The number of anilines is 2. The highest BCUT2D eigenvalue weighted by Gasteiger charge is 2.12. The van der Waals surface area contributed by atoms with Crippen LogP contribution in [-0.2, 0) is 4.74 Å². The fraction of sp³-hybridized carbons (Fsp3) is 0.500. The van der Waals surface area contributed by atoms with Crippen molar-refractivity contribution in [2.24, 2.45) is 0 Å². The average Bonchev–Trinajstić information content (AvgIpc) is 2.75. The standard InChI is InChI=1S/C11H17BrN2O2.C11H16O.C2H6/c1-7-8(12)6-9(16-3)11(10(7)13)14-4-5-15-2;1-8(2)10-6-5-9(3)11(7-10)12-4;1-2/h6,14H,4-5,13H2,1-3H3;5-8H,1-4H3;1-2H3. The van der Waals surface area contributed by atoms with Crippen LogP contribution in [0, 0.1) is 13.8 Å². The number of nitrogen functional groups attached to an aromatic ring is 1. The van der Waals surface area contributed by atoms with Crippen LogP contribution in [0.25, 0.3) is 0 Å². The lowest BCUT2D eigenvalue weighted by Crippen LogP contribution is -2.11. The van der Waals surface area contributed by atoms with E-state index in [-0.39, 0.29) is 0 Å². The van der Waals surface area contributed by atoms with Gasteiger partial charge < -0.3 is 25.3 Å². The molecule has 0 bridgehead atoms. The molecular weight excluding hydrogens is 444 g/mol. The van der Waals surface area contributed by atoms with E-state index in [0.717, 1.165) is 27.2 Å². The van der Waals surface area contributed by atoms with E-state index in [1.54, 1.807) is 21.3 Å². The molecule has 0 atom stereocenters. The molecule has 2 aromatic rings. The van der Waals surface area contributed by atoms with Crippen LogP contribution in [0.1, 0.15) is 50.3 Å². The van der Waals surface area contributed by atoms with Crippen molar-refractivity contribution in [3.8, 4) is 11.5 Å². The Bertz CT molecular complexity index is 765. The summed E-state index contributed by atoms with van der Waals surface area (Å²) in [4.78, 5) is 0. The first kappa shape index (κ1) is 28.1. The molecule has 3 N–H and O–H groups in total. The van der Waals surface area contributed by atoms with E-state index in [0.29, 0.717) is 24.8 Å². The van der Waals surface area contributed by atoms with Gasteiger partial charge >= 0.3 is 0 Å². The number of hydrogen-bond donors (Lipinski definition) is 2.